The number of aliphatic carboxylic acids is 1. The molecule has 0 bridgehead atoms. The number of hydrogen-bond acceptors (Lipinski definition) is 5. The Labute approximate surface area is 198 Å². The summed E-state index contributed by atoms with van der Waals surface area (Å²) in [6.07, 6.45) is -0.742. The molecule has 2 aromatic carbocycles. The van der Waals surface area contributed by atoms with Gasteiger partial charge in [-0.15, -0.1) is 0 Å². The summed E-state index contributed by atoms with van der Waals surface area (Å²) >= 11 is 0. The zero-order valence-electron chi connectivity index (χ0n) is 19.4. The lowest BCUT2D eigenvalue weighted by molar-refractivity contribution is -0.138. The molecule has 2 atom stereocenters. The summed E-state index contributed by atoms with van der Waals surface area (Å²) in [4.78, 5) is 36.2. The quantitative estimate of drug-likeness (QED) is 0.549. The smallest absolute Gasteiger partial charge is 0.407 e. The molecule has 2 unspecified atom stereocenters. The minimum atomic E-state index is -0.922. The second kappa shape index (κ2) is 9.85. The zero-order valence-corrected chi connectivity index (χ0v) is 19.4. The van der Waals surface area contributed by atoms with Gasteiger partial charge in [-0.3, -0.25) is 9.59 Å². The Morgan fingerprint density at radius 3 is 2.29 bits per heavy atom. The lowest BCUT2D eigenvalue weighted by Gasteiger charge is -2.28. The molecule has 2 amide bonds. The number of ether oxygens (including phenoxy) is 2. The van der Waals surface area contributed by atoms with Crippen LogP contribution in [-0.4, -0.2) is 54.0 Å². The number of carboxylic acid groups (broad SMARTS) is 1. The summed E-state index contributed by atoms with van der Waals surface area (Å²) in [5.41, 5.74) is 3.84. The second-order valence-electron chi connectivity index (χ2n) is 9.42. The van der Waals surface area contributed by atoms with Crippen LogP contribution in [0.3, 0.4) is 0 Å². The number of fused-ring (bicyclic) bond motifs is 3. The van der Waals surface area contributed by atoms with Gasteiger partial charge in [-0.25, -0.2) is 4.79 Å². The number of alkyl carbamates (subject to hydrolysis) is 1. The van der Waals surface area contributed by atoms with Gasteiger partial charge in [0.2, 0.25) is 0 Å². The molecule has 180 valence electrons. The monoisotopic (exact) mass is 466 g/mol. The average Bonchev–Trinajstić information content (AvgIpc) is 3.39. The standard InChI is InChI=1S/C26H30N2O6/c1-26(2,13-11-22(29)30)28-24(31)23-21(12-14-33-23)27-25(32)34-15-20-18-9-5-3-7-16(18)17-8-4-6-10-19(17)20/h3-10,20-21,23H,11-15H2,1-2H3,(H,27,32)(H,28,31)(H,29,30). The van der Waals surface area contributed by atoms with Crippen LogP contribution in [0.1, 0.15) is 50.2 Å². The fourth-order valence-electron chi connectivity index (χ4n) is 4.67. The van der Waals surface area contributed by atoms with Crippen LogP contribution in [0, 0.1) is 0 Å². The Bertz CT molecular complexity index is 1040. The molecule has 2 aromatic rings. The number of carboxylic acids is 1. The van der Waals surface area contributed by atoms with Gasteiger partial charge in [0, 0.05) is 24.5 Å². The lowest BCUT2D eigenvalue weighted by atomic mass is 9.97. The topological polar surface area (TPSA) is 114 Å². The van der Waals surface area contributed by atoms with Crippen molar-refractivity contribution in [2.24, 2.45) is 0 Å². The summed E-state index contributed by atoms with van der Waals surface area (Å²) in [6.45, 7) is 4.04. The van der Waals surface area contributed by atoms with Crippen molar-refractivity contribution in [2.75, 3.05) is 13.2 Å². The summed E-state index contributed by atoms with van der Waals surface area (Å²) in [6, 6.07) is 15.7. The van der Waals surface area contributed by atoms with E-state index in [4.69, 9.17) is 14.6 Å². The van der Waals surface area contributed by atoms with Crippen molar-refractivity contribution in [2.45, 2.75) is 56.7 Å². The van der Waals surface area contributed by atoms with E-state index in [9.17, 15) is 14.4 Å². The van der Waals surface area contributed by atoms with E-state index in [1.807, 2.05) is 24.3 Å². The van der Waals surface area contributed by atoms with Crippen molar-refractivity contribution in [3.8, 4) is 11.1 Å². The predicted molar refractivity (Wildman–Crippen MR) is 125 cm³/mol. The fourth-order valence-corrected chi connectivity index (χ4v) is 4.67. The summed E-state index contributed by atoms with van der Waals surface area (Å²) < 4.78 is 11.2. The maximum Gasteiger partial charge on any atom is 0.407 e. The minimum absolute atomic E-state index is 0.0490. The predicted octanol–water partition coefficient (Wildman–Crippen LogP) is 3.44. The molecule has 1 heterocycles. The van der Waals surface area contributed by atoms with Gasteiger partial charge >= 0.3 is 12.1 Å². The first-order valence-corrected chi connectivity index (χ1v) is 11.5. The van der Waals surface area contributed by atoms with Crippen LogP contribution < -0.4 is 10.6 Å². The fraction of sp³-hybridized carbons (Fsp3) is 0.423. The van der Waals surface area contributed by atoms with Gasteiger partial charge < -0.3 is 25.2 Å². The van der Waals surface area contributed by atoms with Gasteiger partial charge in [-0.2, -0.15) is 0 Å². The first-order valence-electron chi connectivity index (χ1n) is 11.5. The summed E-state index contributed by atoms with van der Waals surface area (Å²) in [5.74, 6) is -1.35. The number of carbonyl (C=O) groups is 3. The SMILES string of the molecule is CC(C)(CCC(=O)O)NC(=O)C1OCCC1NC(=O)OCC1c2ccccc2-c2ccccc21. The third kappa shape index (κ3) is 5.22. The maximum atomic E-state index is 12.8. The van der Waals surface area contributed by atoms with Crippen LogP contribution in [0.4, 0.5) is 4.79 Å². The zero-order chi connectivity index (χ0) is 24.3. The number of benzene rings is 2. The van der Waals surface area contributed by atoms with Crippen LogP contribution in [-0.2, 0) is 19.1 Å². The number of carbonyl (C=O) groups excluding carboxylic acids is 2. The number of hydrogen-bond donors (Lipinski definition) is 3. The van der Waals surface area contributed by atoms with Gasteiger partial charge in [0.1, 0.15) is 6.61 Å². The molecule has 8 heteroatoms. The Balaban J connectivity index is 1.34. The number of nitrogens with one attached hydrogen (secondary N) is 2. The molecule has 1 saturated heterocycles. The molecule has 4 rings (SSSR count). The van der Waals surface area contributed by atoms with Gasteiger partial charge in [-0.05, 0) is 48.9 Å². The molecule has 2 aliphatic rings. The average molecular weight is 467 g/mol. The van der Waals surface area contributed by atoms with Crippen molar-refractivity contribution in [1.29, 1.82) is 0 Å². The Hall–Kier alpha value is -3.39. The third-order valence-corrected chi connectivity index (χ3v) is 6.42. The Morgan fingerprint density at radius 1 is 1.06 bits per heavy atom. The van der Waals surface area contributed by atoms with Crippen LogP contribution >= 0.6 is 0 Å². The molecule has 1 aliphatic carbocycles. The van der Waals surface area contributed by atoms with Crippen molar-refractivity contribution in [3.05, 3.63) is 59.7 Å². The van der Waals surface area contributed by atoms with E-state index in [-0.39, 0.29) is 31.3 Å². The van der Waals surface area contributed by atoms with Gasteiger partial charge in [0.05, 0.1) is 6.04 Å². The van der Waals surface area contributed by atoms with E-state index >= 15 is 0 Å². The highest BCUT2D eigenvalue weighted by Gasteiger charge is 2.38. The minimum Gasteiger partial charge on any atom is -0.481 e. The number of amides is 2. The molecule has 0 spiro atoms. The first kappa shape index (κ1) is 23.8. The van der Waals surface area contributed by atoms with Crippen molar-refractivity contribution >= 4 is 18.0 Å². The van der Waals surface area contributed by atoms with Gasteiger partial charge in [0.15, 0.2) is 6.10 Å². The molecule has 1 fully saturated rings. The van der Waals surface area contributed by atoms with E-state index < -0.39 is 29.7 Å². The van der Waals surface area contributed by atoms with Crippen molar-refractivity contribution in [3.63, 3.8) is 0 Å². The van der Waals surface area contributed by atoms with Gasteiger partial charge in [0.25, 0.3) is 5.91 Å². The summed E-state index contributed by atoms with van der Waals surface area (Å²) in [5, 5.41) is 14.5. The molecular weight excluding hydrogens is 436 g/mol. The van der Waals surface area contributed by atoms with Crippen molar-refractivity contribution < 1.29 is 29.0 Å². The lowest BCUT2D eigenvalue weighted by Crippen LogP contribution is -2.53. The molecule has 34 heavy (non-hydrogen) atoms. The van der Waals surface area contributed by atoms with E-state index in [0.29, 0.717) is 13.0 Å². The van der Waals surface area contributed by atoms with Crippen LogP contribution in [0.5, 0.6) is 0 Å². The van der Waals surface area contributed by atoms with Gasteiger partial charge in [-0.1, -0.05) is 48.5 Å². The van der Waals surface area contributed by atoms with Crippen molar-refractivity contribution in [1.82, 2.24) is 10.6 Å². The molecule has 0 radical (unpaired) electrons. The van der Waals surface area contributed by atoms with E-state index in [2.05, 4.69) is 34.9 Å². The molecule has 0 aromatic heterocycles. The van der Waals surface area contributed by atoms with Crippen LogP contribution in [0.15, 0.2) is 48.5 Å². The first-order chi connectivity index (χ1) is 16.2. The normalized spacial score (nSPS) is 19.2. The van der Waals surface area contributed by atoms with E-state index in [0.717, 1.165) is 22.3 Å². The molecule has 0 saturated carbocycles. The Kier molecular flexibility index (Phi) is 6.88. The molecule has 8 nitrogen and oxygen atoms in total. The largest absolute Gasteiger partial charge is 0.481 e. The van der Waals surface area contributed by atoms with E-state index in [1.54, 1.807) is 13.8 Å². The Morgan fingerprint density at radius 2 is 1.68 bits per heavy atom. The highest BCUT2D eigenvalue weighted by atomic mass is 16.6. The second-order valence-corrected chi connectivity index (χ2v) is 9.42. The third-order valence-electron chi connectivity index (χ3n) is 6.42. The highest BCUT2D eigenvalue weighted by Crippen LogP contribution is 2.44. The number of rotatable bonds is 8. The van der Waals surface area contributed by atoms with E-state index in [1.165, 1.54) is 0 Å². The molecule has 1 aliphatic heterocycles. The van der Waals surface area contributed by atoms with Crippen LogP contribution in [0.25, 0.3) is 11.1 Å². The molecular formula is C26H30N2O6. The maximum absolute atomic E-state index is 12.8. The summed E-state index contributed by atoms with van der Waals surface area (Å²) in [7, 11) is 0. The highest BCUT2D eigenvalue weighted by molar-refractivity contribution is 5.83. The van der Waals surface area contributed by atoms with Crippen LogP contribution in [0.2, 0.25) is 0 Å². The molecule has 3 N–H and O–H groups in total.